The first-order valence-corrected chi connectivity index (χ1v) is 9.82. The maximum Gasteiger partial charge on any atom is 0.269 e. The summed E-state index contributed by atoms with van der Waals surface area (Å²) in [6.07, 6.45) is 0.739. The zero-order valence-corrected chi connectivity index (χ0v) is 15.2. The molecule has 0 fully saturated rings. The molecular formula is C17H19N3O6S. The predicted molar refractivity (Wildman–Crippen MR) is 98.8 cm³/mol. The molecule has 0 radical (unpaired) electrons. The molecule has 144 valence electrons. The van der Waals surface area contributed by atoms with Crippen molar-refractivity contribution in [1.82, 2.24) is 4.72 Å². The predicted octanol–water partition coefficient (Wildman–Crippen LogP) is 2.15. The molecule has 0 spiro atoms. The summed E-state index contributed by atoms with van der Waals surface area (Å²) in [6.45, 7) is 1.48. The number of nitro groups is 1. The minimum Gasteiger partial charge on any atom is -0.490 e. The molecular weight excluding hydrogens is 374 g/mol. The summed E-state index contributed by atoms with van der Waals surface area (Å²) < 4.78 is 38.4. The van der Waals surface area contributed by atoms with E-state index < -0.39 is 14.9 Å². The van der Waals surface area contributed by atoms with Crippen LogP contribution in [0.5, 0.6) is 11.5 Å². The van der Waals surface area contributed by atoms with Crippen molar-refractivity contribution in [2.24, 2.45) is 0 Å². The fourth-order valence-electron chi connectivity index (χ4n) is 2.49. The zero-order valence-electron chi connectivity index (χ0n) is 14.4. The number of anilines is 1. The van der Waals surface area contributed by atoms with Crippen molar-refractivity contribution in [3.05, 3.63) is 52.6 Å². The molecule has 2 N–H and O–H groups in total. The Bertz CT molecular complexity index is 915. The van der Waals surface area contributed by atoms with Crippen LogP contribution < -0.4 is 19.5 Å². The molecule has 27 heavy (non-hydrogen) atoms. The van der Waals surface area contributed by atoms with E-state index in [9.17, 15) is 18.5 Å². The molecule has 0 atom stereocenters. The summed E-state index contributed by atoms with van der Waals surface area (Å²) >= 11 is 0. The quantitative estimate of drug-likeness (QED) is 0.420. The van der Waals surface area contributed by atoms with Crippen LogP contribution in [0.15, 0.2) is 47.4 Å². The number of sulfonamides is 1. The smallest absolute Gasteiger partial charge is 0.269 e. The van der Waals surface area contributed by atoms with E-state index in [0.29, 0.717) is 36.9 Å². The van der Waals surface area contributed by atoms with Gasteiger partial charge in [-0.1, -0.05) is 0 Å². The van der Waals surface area contributed by atoms with Crippen molar-refractivity contribution in [3.63, 3.8) is 0 Å². The molecule has 0 amide bonds. The van der Waals surface area contributed by atoms with Crippen molar-refractivity contribution in [2.45, 2.75) is 11.3 Å². The van der Waals surface area contributed by atoms with Gasteiger partial charge >= 0.3 is 0 Å². The Morgan fingerprint density at radius 1 is 1.00 bits per heavy atom. The van der Waals surface area contributed by atoms with Gasteiger partial charge in [0.1, 0.15) is 0 Å². The number of hydrogen-bond acceptors (Lipinski definition) is 7. The number of non-ortho nitro benzene ring substituents is 1. The van der Waals surface area contributed by atoms with Crippen molar-refractivity contribution in [1.29, 1.82) is 0 Å². The van der Waals surface area contributed by atoms with Crippen LogP contribution in [0.1, 0.15) is 6.42 Å². The lowest BCUT2D eigenvalue weighted by Crippen LogP contribution is -2.29. The number of nitrogens with zero attached hydrogens (tertiary/aromatic N) is 1. The molecule has 1 heterocycles. The van der Waals surface area contributed by atoms with Gasteiger partial charge in [-0.2, -0.15) is 0 Å². The summed E-state index contributed by atoms with van der Waals surface area (Å²) in [4.78, 5) is 10.2. The highest BCUT2D eigenvalue weighted by atomic mass is 32.2. The lowest BCUT2D eigenvalue weighted by molar-refractivity contribution is -0.384. The first-order valence-electron chi connectivity index (χ1n) is 8.33. The fraction of sp³-hybridized carbons (Fsp3) is 0.294. The van der Waals surface area contributed by atoms with Crippen LogP contribution in [-0.2, 0) is 10.0 Å². The Balaban J connectivity index is 1.55. The van der Waals surface area contributed by atoms with Gasteiger partial charge in [0.2, 0.25) is 10.0 Å². The minimum absolute atomic E-state index is 0.00402. The van der Waals surface area contributed by atoms with E-state index in [-0.39, 0.29) is 17.1 Å². The molecule has 3 rings (SSSR count). The first kappa shape index (κ1) is 18.9. The van der Waals surface area contributed by atoms with Crippen molar-refractivity contribution in [2.75, 3.05) is 31.6 Å². The highest BCUT2D eigenvalue weighted by Gasteiger charge is 2.18. The highest BCUT2D eigenvalue weighted by Crippen LogP contribution is 2.31. The van der Waals surface area contributed by atoms with Gasteiger partial charge in [-0.3, -0.25) is 10.1 Å². The van der Waals surface area contributed by atoms with Crippen LogP contribution in [0.3, 0.4) is 0 Å². The van der Waals surface area contributed by atoms with Gasteiger partial charge in [0.15, 0.2) is 11.5 Å². The maximum atomic E-state index is 12.4. The van der Waals surface area contributed by atoms with Crippen LogP contribution in [0.2, 0.25) is 0 Å². The molecule has 10 heteroatoms. The van der Waals surface area contributed by atoms with Gasteiger partial charge in [-0.25, -0.2) is 13.1 Å². The number of nitro benzene ring substituents is 1. The largest absolute Gasteiger partial charge is 0.490 e. The van der Waals surface area contributed by atoms with Gasteiger partial charge in [0.05, 0.1) is 23.0 Å². The van der Waals surface area contributed by atoms with Gasteiger partial charge in [-0.15, -0.1) is 0 Å². The molecule has 1 aliphatic heterocycles. The van der Waals surface area contributed by atoms with Gasteiger partial charge in [0.25, 0.3) is 5.69 Å². The molecule has 2 aromatic carbocycles. The third kappa shape index (κ3) is 4.86. The average Bonchev–Trinajstić information content (AvgIpc) is 2.90. The fourth-order valence-corrected chi connectivity index (χ4v) is 3.53. The van der Waals surface area contributed by atoms with Crippen LogP contribution in [-0.4, -0.2) is 39.6 Å². The Labute approximate surface area is 156 Å². The molecule has 0 aromatic heterocycles. The minimum atomic E-state index is -3.69. The molecule has 2 aromatic rings. The van der Waals surface area contributed by atoms with Gasteiger partial charge in [0, 0.05) is 43.4 Å². The molecule has 0 aliphatic carbocycles. The number of hydrogen-bond donors (Lipinski definition) is 2. The van der Waals surface area contributed by atoms with E-state index in [1.165, 1.54) is 24.3 Å². The molecule has 0 unspecified atom stereocenters. The number of fused-ring (bicyclic) bond motifs is 1. The standard InChI is InChI=1S/C17H19N3O6S/c21-20(22)14-4-2-13(3-5-14)18-8-9-19-27(23,24)15-6-7-16-17(12-15)26-11-1-10-25-16/h2-7,12,18-19H,1,8-11H2. The third-order valence-electron chi connectivity index (χ3n) is 3.85. The SMILES string of the molecule is O=[N+]([O-])c1ccc(NCCNS(=O)(=O)c2ccc3c(c2)OCCCO3)cc1. The lowest BCUT2D eigenvalue weighted by Gasteiger charge is -2.11. The summed E-state index contributed by atoms with van der Waals surface area (Å²) in [7, 11) is -3.69. The summed E-state index contributed by atoms with van der Waals surface area (Å²) in [5, 5.41) is 13.6. The number of rotatable bonds is 7. The first-order chi connectivity index (χ1) is 13.0. The summed E-state index contributed by atoms with van der Waals surface area (Å²) in [5.74, 6) is 0.950. The van der Waals surface area contributed by atoms with E-state index in [0.717, 1.165) is 6.42 Å². The van der Waals surface area contributed by atoms with E-state index >= 15 is 0 Å². The van der Waals surface area contributed by atoms with Gasteiger partial charge < -0.3 is 14.8 Å². The van der Waals surface area contributed by atoms with Crippen LogP contribution in [0, 0.1) is 10.1 Å². The second kappa shape index (κ2) is 8.23. The second-order valence-electron chi connectivity index (χ2n) is 5.79. The number of nitrogens with one attached hydrogen (secondary N) is 2. The maximum absolute atomic E-state index is 12.4. The van der Waals surface area contributed by atoms with Crippen LogP contribution in [0.4, 0.5) is 11.4 Å². The Kier molecular flexibility index (Phi) is 5.77. The number of ether oxygens (including phenoxy) is 2. The molecule has 1 aliphatic rings. The van der Waals surface area contributed by atoms with Crippen molar-refractivity contribution < 1.29 is 22.8 Å². The molecule has 0 bridgehead atoms. The van der Waals surface area contributed by atoms with Crippen LogP contribution >= 0.6 is 0 Å². The molecule has 9 nitrogen and oxygen atoms in total. The third-order valence-corrected chi connectivity index (χ3v) is 5.31. The Morgan fingerprint density at radius 2 is 1.70 bits per heavy atom. The normalized spacial score (nSPS) is 13.6. The lowest BCUT2D eigenvalue weighted by atomic mass is 10.3. The average molecular weight is 393 g/mol. The highest BCUT2D eigenvalue weighted by molar-refractivity contribution is 7.89. The zero-order chi connectivity index (χ0) is 19.3. The molecule has 0 saturated heterocycles. The van der Waals surface area contributed by atoms with Gasteiger partial charge in [-0.05, 0) is 24.3 Å². The topological polar surface area (TPSA) is 120 Å². The van der Waals surface area contributed by atoms with Crippen molar-refractivity contribution in [3.8, 4) is 11.5 Å². The summed E-state index contributed by atoms with van der Waals surface area (Å²) in [5.41, 5.74) is 0.658. The second-order valence-corrected chi connectivity index (χ2v) is 7.55. The molecule has 0 saturated carbocycles. The Morgan fingerprint density at radius 3 is 2.41 bits per heavy atom. The monoisotopic (exact) mass is 393 g/mol. The van der Waals surface area contributed by atoms with E-state index in [1.807, 2.05) is 0 Å². The van der Waals surface area contributed by atoms with E-state index in [4.69, 9.17) is 9.47 Å². The van der Waals surface area contributed by atoms with E-state index in [2.05, 4.69) is 10.0 Å². The summed E-state index contributed by atoms with van der Waals surface area (Å²) in [6, 6.07) is 10.4. The number of benzene rings is 2. The Hall–Kier alpha value is -2.85. The van der Waals surface area contributed by atoms with E-state index in [1.54, 1.807) is 18.2 Å². The van der Waals surface area contributed by atoms with Crippen molar-refractivity contribution >= 4 is 21.4 Å². The van der Waals surface area contributed by atoms with Crippen LogP contribution in [0.25, 0.3) is 0 Å².